The zero-order chi connectivity index (χ0) is 17.4. The minimum atomic E-state index is -0.503. The highest BCUT2D eigenvalue weighted by Crippen LogP contribution is 2.20. The Morgan fingerprint density at radius 3 is 2.38 bits per heavy atom. The average molecular weight is 326 g/mol. The van der Waals surface area contributed by atoms with Gasteiger partial charge in [0.2, 0.25) is 5.91 Å². The van der Waals surface area contributed by atoms with Gasteiger partial charge in [-0.05, 0) is 30.2 Å². The number of benzene rings is 1. The fourth-order valence-electron chi connectivity index (χ4n) is 2.47. The van der Waals surface area contributed by atoms with Crippen LogP contribution in [0.2, 0.25) is 0 Å². The summed E-state index contributed by atoms with van der Waals surface area (Å²) in [5.74, 6) is -0.945. The topological polar surface area (TPSA) is 59.5 Å². The van der Waals surface area contributed by atoms with Gasteiger partial charge in [-0.1, -0.05) is 30.3 Å². The zero-order valence-corrected chi connectivity index (χ0v) is 14.0. The predicted octanol–water partition coefficient (Wildman–Crippen LogP) is 2.78. The molecule has 0 spiro atoms. The third kappa shape index (κ3) is 4.91. The van der Waals surface area contributed by atoms with Gasteiger partial charge in [-0.3, -0.25) is 14.6 Å². The van der Waals surface area contributed by atoms with Gasteiger partial charge in [-0.25, -0.2) is 0 Å². The van der Waals surface area contributed by atoms with Crippen molar-refractivity contribution in [3.8, 4) is 0 Å². The van der Waals surface area contributed by atoms with Crippen LogP contribution in [-0.2, 0) is 20.9 Å². The van der Waals surface area contributed by atoms with Gasteiger partial charge in [0.1, 0.15) is 6.61 Å². The maximum atomic E-state index is 13.0. The third-order valence-electron chi connectivity index (χ3n) is 3.77. The van der Waals surface area contributed by atoms with Crippen molar-refractivity contribution >= 4 is 11.9 Å². The molecule has 0 unspecified atom stereocenters. The van der Waals surface area contributed by atoms with Crippen LogP contribution in [0.25, 0.3) is 0 Å². The lowest BCUT2D eigenvalue weighted by molar-refractivity contribution is -0.144. The number of aromatic nitrogens is 1. The first-order valence-electron chi connectivity index (χ1n) is 7.97. The highest BCUT2D eigenvalue weighted by Gasteiger charge is 2.26. The maximum absolute atomic E-state index is 13.0. The van der Waals surface area contributed by atoms with Crippen LogP contribution in [0.4, 0.5) is 0 Å². The number of amides is 1. The average Bonchev–Trinajstić information content (AvgIpc) is 2.61. The third-order valence-corrected chi connectivity index (χ3v) is 3.77. The number of rotatable bonds is 7. The van der Waals surface area contributed by atoms with Crippen molar-refractivity contribution < 1.29 is 14.3 Å². The van der Waals surface area contributed by atoms with Crippen LogP contribution >= 0.6 is 0 Å². The summed E-state index contributed by atoms with van der Waals surface area (Å²) >= 11 is 0. The number of hydrogen-bond acceptors (Lipinski definition) is 4. The number of nitrogens with zero attached hydrogens (tertiary/aromatic N) is 2. The summed E-state index contributed by atoms with van der Waals surface area (Å²) in [6.07, 6.45) is 3.42. The van der Waals surface area contributed by atoms with E-state index in [1.807, 2.05) is 49.4 Å². The zero-order valence-electron chi connectivity index (χ0n) is 14.0. The first-order valence-corrected chi connectivity index (χ1v) is 7.97. The van der Waals surface area contributed by atoms with Crippen LogP contribution in [0.3, 0.4) is 0 Å². The lowest BCUT2D eigenvalue weighted by Gasteiger charge is -2.26. The SMILES string of the molecule is CCN(Cc1ccncc1)C(=O)[C@H](COC(C)=O)c1ccccc1. The molecule has 0 N–H and O–H groups in total. The minimum Gasteiger partial charge on any atom is -0.465 e. The lowest BCUT2D eigenvalue weighted by atomic mass is 9.98. The van der Waals surface area contributed by atoms with Crippen LogP contribution in [0.15, 0.2) is 54.9 Å². The largest absolute Gasteiger partial charge is 0.465 e. The molecule has 2 aromatic rings. The van der Waals surface area contributed by atoms with Gasteiger partial charge in [0.15, 0.2) is 0 Å². The Morgan fingerprint density at radius 1 is 1.12 bits per heavy atom. The van der Waals surface area contributed by atoms with Crippen LogP contribution < -0.4 is 0 Å². The molecule has 0 fully saturated rings. The van der Waals surface area contributed by atoms with E-state index in [1.54, 1.807) is 17.3 Å². The highest BCUT2D eigenvalue weighted by molar-refractivity contribution is 5.84. The molecule has 0 aliphatic rings. The molecule has 1 aromatic heterocycles. The van der Waals surface area contributed by atoms with E-state index in [-0.39, 0.29) is 18.5 Å². The van der Waals surface area contributed by atoms with E-state index in [0.717, 1.165) is 11.1 Å². The molecule has 1 heterocycles. The second-order valence-corrected chi connectivity index (χ2v) is 5.47. The van der Waals surface area contributed by atoms with Gasteiger partial charge < -0.3 is 9.64 Å². The quantitative estimate of drug-likeness (QED) is 0.734. The molecule has 0 saturated carbocycles. The van der Waals surface area contributed by atoms with Crippen molar-refractivity contribution in [3.63, 3.8) is 0 Å². The van der Waals surface area contributed by atoms with E-state index in [4.69, 9.17) is 4.74 Å². The summed E-state index contributed by atoms with van der Waals surface area (Å²) in [6, 6.07) is 13.2. The Bertz CT molecular complexity index is 659. The fraction of sp³-hybridized carbons (Fsp3) is 0.316. The molecule has 0 saturated heterocycles. The standard InChI is InChI=1S/C19H22N2O3/c1-3-21(13-16-9-11-20-12-10-16)19(23)18(14-24-15(2)22)17-7-5-4-6-8-17/h4-12,18H,3,13-14H2,1-2H3/t18-/m1/s1. The van der Waals surface area contributed by atoms with Gasteiger partial charge in [-0.2, -0.15) is 0 Å². The summed E-state index contributed by atoms with van der Waals surface area (Å²) in [5.41, 5.74) is 1.86. The first kappa shape index (κ1) is 17.7. The molecule has 0 bridgehead atoms. The Morgan fingerprint density at radius 2 is 1.79 bits per heavy atom. The van der Waals surface area contributed by atoms with E-state index in [0.29, 0.717) is 13.1 Å². The number of hydrogen-bond donors (Lipinski definition) is 0. The van der Waals surface area contributed by atoms with Crippen LogP contribution in [0, 0.1) is 0 Å². The molecule has 24 heavy (non-hydrogen) atoms. The van der Waals surface area contributed by atoms with Gasteiger partial charge >= 0.3 is 5.97 Å². The smallest absolute Gasteiger partial charge is 0.302 e. The van der Waals surface area contributed by atoms with Crippen molar-refractivity contribution in [1.29, 1.82) is 0 Å². The molecule has 5 nitrogen and oxygen atoms in total. The Hall–Kier alpha value is -2.69. The normalized spacial score (nSPS) is 11.6. The van der Waals surface area contributed by atoms with Gasteiger partial charge in [0, 0.05) is 32.4 Å². The number of ether oxygens (including phenoxy) is 1. The van der Waals surface area contributed by atoms with Gasteiger partial charge in [-0.15, -0.1) is 0 Å². The van der Waals surface area contributed by atoms with Crippen molar-refractivity contribution in [2.45, 2.75) is 26.3 Å². The molecule has 1 amide bonds. The Kier molecular flexibility index (Phi) is 6.49. The molecular weight excluding hydrogens is 304 g/mol. The maximum Gasteiger partial charge on any atom is 0.302 e. The summed E-state index contributed by atoms with van der Waals surface area (Å²) in [6.45, 7) is 4.41. The lowest BCUT2D eigenvalue weighted by Crippen LogP contribution is -2.36. The molecule has 0 aliphatic heterocycles. The summed E-state index contributed by atoms with van der Waals surface area (Å²) in [7, 11) is 0. The number of pyridine rings is 1. The van der Waals surface area contributed by atoms with Crippen LogP contribution in [0.5, 0.6) is 0 Å². The number of esters is 1. The molecule has 5 heteroatoms. The molecular formula is C19H22N2O3. The van der Waals surface area contributed by atoms with Crippen molar-refractivity contribution in [2.24, 2.45) is 0 Å². The van der Waals surface area contributed by atoms with Crippen molar-refractivity contribution in [2.75, 3.05) is 13.2 Å². The number of carbonyl (C=O) groups excluding carboxylic acids is 2. The van der Waals surface area contributed by atoms with E-state index >= 15 is 0 Å². The Balaban J connectivity index is 2.19. The number of carbonyl (C=O) groups is 2. The number of likely N-dealkylation sites (N-methyl/N-ethyl adjacent to an activating group) is 1. The highest BCUT2D eigenvalue weighted by atomic mass is 16.5. The van der Waals surface area contributed by atoms with Crippen LogP contribution in [-0.4, -0.2) is 34.9 Å². The first-order chi connectivity index (χ1) is 11.6. The summed E-state index contributed by atoms with van der Waals surface area (Å²) in [5, 5.41) is 0. The molecule has 1 atom stereocenters. The van der Waals surface area contributed by atoms with Crippen LogP contribution in [0.1, 0.15) is 30.9 Å². The summed E-state index contributed by atoms with van der Waals surface area (Å²) < 4.78 is 5.13. The van der Waals surface area contributed by atoms with E-state index < -0.39 is 5.92 Å². The van der Waals surface area contributed by atoms with Gasteiger partial charge in [0.05, 0.1) is 5.92 Å². The molecule has 126 valence electrons. The molecule has 1 aromatic carbocycles. The van der Waals surface area contributed by atoms with Gasteiger partial charge in [0.25, 0.3) is 0 Å². The predicted molar refractivity (Wildman–Crippen MR) is 91.1 cm³/mol. The summed E-state index contributed by atoms with van der Waals surface area (Å²) in [4.78, 5) is 29.9. The van der Waals surface area contributed by atoms with E-state index in [2.05, 4.69) is 4.98 Å². The van der Waals surface area contributed by atoms with Crippen molar-refractivity contribution in [3.05, 3.63) is 66.0 Å². The van der Waals surface area contributed by atoms with Crippen molar-refractivity contribution in [1.82, 2.24) is 9.88 Å². The van der Waals surface area contributed by atoms with E-state index in [9.17, 15) is 9.59 Å². The fourth-order valence-corrected chi connectivity index (χ4v) is 2.47. The molecule has 2 rings (SSSR count). The Labute approximate surface area is 142 Å². The minimum absolute atomic E-state index is 0.0467. The monoisotopic (exact) mass is 326 g/mol. The van der Waals surface area contributed by atoms with E-state index in [1.165, 1.54) is 6.92 Å². The molecule has 0 aliphatic carbocycles. The second-order valence-electron chi connectivity index (χ2n) is 5.47. The molecule has 0 radical (unpaired) electrons. The second kappa shape index (κ2) is 8.82.